The second-order valence-electron chi connectivity index (χ2n) is 5.68. The van der Waals surface area contributed by atoms with Gasteiger partial charge in [-0.2, -0.15) is 0 Å². The Hall–Kier alpha value is -2.01. The van der Waals surface area contributed by atoms with Crippen molar-refractivity contribution in [1.29, 1.82) is 0 Å². The van der Waals surface area contributed by atoms with Gasteiger partial charge in [-0.15, -0.1) is 0 Å². The monoisotopic (exact) mass is 318 g/mol. The number of rotatable bonds is 6. The van der Waals surface area contributed by atoms with Gasteiger partial charge >= 0.3 is 0 Å². The minimum atomic E-state index is -0.00326. The van der Waals surface area contributed by atoms with Crippen LogP contribution in [0.4, 0.5) is 0 Å². The SMILES string of the molecule is CC=Cc1ccc(OCC(=O)N(C)C2CCNCC2)c(OC)c1. The van der Waals surface area contributed by atoms with Crippen LogP contribution >= 0.6 is 0 Å². The van der Waals surface area contributed by atoms with Gasteiger partial charge in [0.2, 0.25) is 0 Å². The predicted octanol–water partition coefficient (Wildman–Crippen LogP) is 2.32. The van der Waals surface area contributed by atoms with E-state index in [4.69, 9.17) is 9.47 Å². The van der Waals surface area contributed by atoms with E-state index >= 15 is 0 Å². The highest BCUT2D eigenvalue weighted by Crippen LogP contribution is 2.28. The Morgan fingerprint density at radius 3 is 2.74 bits per heavy atom. The zero-order valence-corrected chi connectivity index (χ0v) is 14.2. The number of hydrogen-bond donors (Lipinski definition) is 1. The second-order valence-corrected chi connectivity index (χ2v) is 5.68. The number of carbonyl (C=O) groups excluding carboxylic acids is 1. The molecule has 0 atom stereocenters. The lowest BCUT2D eigenvalue weighted by Gasteiger charge is -2.31. The number of allylic oxidation sites excluding steroid dienone is 1. The van der Waals surface area contributed by atoms with Crippen molar-refractivity contribution in [3.63, 3.8) is 0 Å². The topological polar surface area (TPSA) is 50.8 Å². The van der Waals surface area contributed by atoms with Gasteiger partial charge in [0.25, 0.3) is 5.91 Å². The number of methoxy groups -OCH3 is 1. The van der Waals surface area contributed by atoms with E-state index < -0.39 is 0 Å². The number of benzene rings is 1. The molecule has 1 heterocycles. The lowest BCUT2D eigenvalue weighted by molar-refractivity contribution is -0.134. The zero-order valence-electron chi connectivity index (χ0n) is 14.2. The van der Waals surface area contributed by atoms with Crippen LogP contribution in [0.15, 0.2) is 24.3 Å². The molecule has 0 aromatic heterocycles. The molecule has 0 aliphatic carbocycles. The minimum absolute atomic E-state index is 0.00326. The van der Waals surface area contributed by atoms with Crippen molar-refractivity contribution in [2.24, 2.45) is 0 Å². The number of amides is 1. The molecule has 0 radical (unpaired) electrons. The Bertz CT molecular complexity index is 551. The first-order valence-electron chi connectivity index (χ1n) is 8.05. The van der Waals surface area contributed by atoms with Gasteiger partial charge in [0.15, 0.2) is 18.1 Å². The molecule has 1 fully saturated rings. The third kappa shape index (κ3) is 4.73. The number of carbonyl (C=O) groups is 1. The number of nitrogens with zero attached hydrogens (tertiary/aromatic N) is 1. The van der Waals surface area contributed by atoms with Crippen molar-refractivity contribution in [2.45, 2.75) is 25.8 Å². The van der Waals surface area contributed by atoms with E-state index in [9.17, 15) is 4.79 Å². The van der Waals surface area contributed by atoms with E-state index in [-0.39, 0.29) is 12.5 Å². The highest BCUT2D eigenvalue weighted by Gasteiger charge is 2.22. The molecule has 0 bridgehead atoms. The molecule has 23 heavy (non-hydrogen) atoms. The molecule has 1 aliphatic heterocycles. The van der Waals surface area contributed by atoms with E-state index in [1.54, 1.807) is 7.11 Å². The molecule has 5 heteroatoms. The van der Waals surface area contributed by atoms with E-state index in [0.29, 0.717) is 17.5 Å². The Balaban J connectivity index is 1.95. The molecule has 1 saturated heterocycles. The van der Waals surface area contributed by atoms with Crippen molar-refractivity contribution in [2.75, 3.05) is 33.9 Å². The van der Waals surface area contributed by atoms with Gasteiger partial charge in [-0.1, -0.05) is 18.2 Å². The number of nitrogens with one attached hydrogen (secondary N) is 1. The van der Waals surface area contributed by atoms with E-state index in [1.165, 1.54) is 0 Å². The van der Waals surface area contributed by atoms with Crippen LogP contribution in [-0.2, 0) is 4.79 Å². The van der Waals surface area contributed by atoms with Crippen molar-refractivity contribution < 1.29 is 14.3 Å². The molecule has 2 rings (SSSR count). The summed E-state index contributed by atoms with van der Waals surface area (Å²) in [6, 6.07) is 5.98. The standard InChI is InChI=1S/C18H26N2O3/c1-4-5-14-6-7-16(17(12-14)22-3)23-13-18(21)20(2)15-8-10-19-11-9-15/h4-7,12,15,19H,8-11,13H2,1-3H3. The van der Waals surface area contributed by atoms with E-state index in [2.05, 4.69) is 5.32 Å². The van der Waals surface area contributed by atoms with Crippen LogP contribution in [0.3, 0.4) is 0 Å². The molecule has 0 spiro atoms. The van der Waals surface area contributed by atoms with Crippen molar-refractivity contribution in [3.05, 3.63) is 29.8 Å². The number of ether oxygens (including phenoxy) is 2. The molecule has 126 valence electrons. The molecule has 1 aromatic rings. The second kappa shape index (κ2) is 8.58. The fraction of sp³-hybridized carbons (Fsp3) is 0.500. The van der Waals surface area contributed by atoms with Crippen LogP contribution in [0, 0.1) is 0 Å². The third-order valence-corrected chi connectivity index (χ3v) is 4.15. The molecule has 1 aromatic carbocycles. The van der Waals surface area contributed by atoms with Gasteiger partial charge in [-0.3, -0.25) is 4.79 Å². The van der Waals surface area contributed by atoms with Gasteiger partial charge in [-0.05, 0) is 50.6 Å². The van der Waals surface area contributed by atoms with Crippen molar-refractivity contribution >= 4 is 12.0 Å². The maximum absolute atomic E-state index is 12.3. The first-order valence-corrected chi connectivity index (χ1v) is 8.05. The average Bonchev–Trinajstić information content (AvgIpc) is 2.60. The zero-order chi connectivity index (χ0) is 16.7. The van der Waals surface area contributed by atoms with Crippen LogP contribution < -0.4 is 14.8 Å². The molecule has 1 N–H and O–H groups in total. The van der Waals surface area contributed by atoms with Crippen LogP contribution in [0.5, 0.6) is 11.5 Å². The molecule has 1 amide bonds. The highest BCUT2D eigenvalue weighted by molar-refractivity contribution is 5.78. The fourth-order valence-corrected chi connectivity index (χ4v) is 2.74. The van der Waals surface area contributed by atoms with Crippen molar-refractivity contribution in [3.8, 4) is 11.5 Å². The fourth-order valence-electron chi connectivity index (χ4n) is 2.74. The molecule has 1 aliphatic rings. The number of piperidine rings is 1. The lowest BCUT2D eigenvalue weighted by Crippen LogP contribution is -2.45. The Labute approximate surface area is 138 Å². The molecular formula is C18H26N2O3. The lowest BCUT2D eigenvalue weighted by atomic mass is 10.1. The highest BCUT2D eigenvalue weighted by atomic mass is 16.5. The number of hydrogen-bond acceptors (Lipinski definition) is 4. The van der Waals surface area contributed by atoms with Crippen LogP contribution in [0.1, 0.15) is 25.3 Å². The smallest absolute Gasteiger partial charge is 0.260 e. The summed E-state index contributed by atoms with van der Waals surface area (Å²) < 4.78 is 11.0. The van der Waals surface area contributed by atoms with E-state index in [0.717, 1.165) is 31.5 Å². The summed E-state index contributed by atoms with van der Waals surface area (Å²) in [5.74, 6) is 1.22. The van der Waals surface area contributed by atoms with Crippen LogP contribution in [0.25, 0.3) is 6.08 Å². The first-order chi connectivity index (χ1) is 11.2. The number of likely N-dealkylation sites (N-methyl/N-ethyl adjacent to an activating group) is 1. The van der Waals surface area contributed by atoms with Gasteiger partial charge in [-0.25, -0.2) is 0 Å². The first kappa shape index (κ1) is 17.3. The molecule has 0 saturated carbocycles. The quantitative estimate of drug-likeness (QED) is 0.874. The average molecular weight is 318 g/mol. The van der Waals surface area contributed by atoms with Gasteiger partial charge in [0.1, 0.15) is 0 Å². The molecule has 5 nitrogen and oxygen atoms in total. The molecular weight excluding hydrogens is 292 g/mol. The normalized spacial score (nSPS) is 15.6. The summed E-state index contributed by atoms with van der Waals surface area (Å²) in [7, 11) is 3.46. The Kier molecular flexibility index (Phi) is 6.47. The maximum Gasteiger partial charge on any atom is 0.260 e. The summed E-state index contributed by atoms with van der Waals surface area (Å²) in [6.45, 7) is 3.92. The van der Waals surface area contributed by atoms with Gasteiger partial charge in [0, 0.05) is 13.1 Å². The molecule has 0 unspecified atom stereocenters. The maximum atomic E-state index is 12.3. The van der Waals surface area contributed by atoms with Gasteiger partial charge in [0.05, 0.1) is 7.11 Å². The van der Waals surface area contributed by atoms with Crippen LogP contribution in [-0.4, -0.2) is 50.7 Å². The minimum Gasteiger partial charge on any atom is -0.493 e. The van der Waals surface area contributed by atoms with Crippen molar-refractivity contribution in [1.82, 2.24) is 10.2 Å². The predicted molar refractivity (Wildman–Crippen MR) is 91.9 cm³/mol. The summed E-state index contributed by atoms with van der Waals surface area (Å²) >= 11 is 0. The van der Waals surface area contributed by atoms with Crippen LogP contribution in [0.2, 0.25) is 0 Å². The Morgan fingerprint density at radius 2 is 2.09 bits per heavy atom. The summed E-state index contributed by atoms with van der Waals surface area (Å²) in [6.07, 6.45) is 5.93. The summed E-state index contributed by atoms with van der Waals surface area (Å²) in [5, 5.41) is 3.31. The summed E-state index contributed by atoms with van der Waals surface area (Å²) in [5.41, 5.74) is 1.04. The largest absolute Gasteiger partial charge is 0.493 e. The summed E-state index contributed by atoms with van der Waals surface area (Å²) in [4.78, 5) is 14.1. The Morgan fingerprint density at radius 1 is 1.35 bits per heavy atom. The third-order valence-electron chi connectivity index (χ3n) is 4.15. The van der Waals surface area contributed by atoms with Gasteiger partial charge < -0.3 is 19.7 Å². The van der Waals surface area contributed by atoms with E-state index in [1.807, 2.05) is 49.2 Å².